The summed E-state index contributed by atoms with van der Waals surface area (Å²) in [7, 11) is 0. The van der Waals surface area contributed by atoms with Crippen LogP contribution in [0.3, 0.4) is 0 Å². The highest BCUT2D eigenvalue weighted by molar-refractivity contribution is 5.86. The van der Waals surface area contributed by atoms with Crippen molar-refractivity contribution in [3.8, 4) is 5.75 Å². The summed E-state index contributed by atoms with van der Waals surface area (Å²) in [6, 6.07) is 4.94. The van der Waals surface area contributed by atoms with Crippen LogP contribution in [0.1, 0.15) is 49.9 Å². The van der Waals surface area contributed by atoms with E-state index in [-0.39, 0.29) is 11.8 Å². The smallest absolute Gasteiger partial charge is 0.406 e. The van der Waals surface area contributed by atoms with Gasteiger partial charge >= 0.3 is 6.36 Å². The normalized spacial score (nSPS) is 21.6. The topological polar surface area (TPSA) is 40.7 Å². The van der Waals surface area contributed by atoms with E-state index in [9.17, 15) is 13.2 Å². The lowest BCUT2D eigenvalue weighted by Crippen LogP contribution is -2.43. The van der Waals surface area contributed by atoms with Gasteiger partial charge < -0.3 is 14.5 Å². The summed E-state index contributed by atoms with van der Waals surface area (Å²) in [6.07, 6.45) is 0.631. The summed E-state index contributed by atoms with van der Waals surface area (Å²) in [6.45, 7) is 8.77. The number of H-pyrrole nitrogens is 1. The molecule has 2 aromatic rings. The molecule has 0 spiro atoms. The number of nitrogens with one attached hydrogen (secondary N) is 1. The van der Waals surface area contributed by atoms with Crippen molar-refractivity contribution >= 4 is 10.9 Å². The van der Waals surface area contributed by atoms with Crippen molar-refractivity contribution in [2.24, 2.45) is 0 Å². The fourth-order valence-electron chi connectivity index (χ4n) is 4.94. The summed E-state index contributed by atoms with van der Waals surface area (Å²) in [5, 5.41) is 1.00. The first-order valence-corrected chi connectivity index (χ1v) is 11.4. The predicted molar refractivity (Wildman–Crippen MR) is 114 cm³/mol. The standard InChI is InChI=1S/C23H32F3N3O2/c1-2-5-19-18-8-7-17(31-23(24,25)26)16-20(18)27-22(19)21-6-3-4-9-29(21)11-10-28-12-14-30-15-13-28/h7-8,16,21,27H,2-6,9-15H2,1H3/t21-/m1/s1. The molecule has 3 heterocycles. The maximum atomic E-state index is 12.7. The molecule has 2 saturated heterocycles. The van der Waals surface area contributed by atoms with Gasteiger partial charge in [-0.15, -0.1) is 13.2 Å². The fourth-order valence-corrected chi connectivity index (χ4v) is 4.94. The van der Waals surface area contributed by atoms with Crippen LogP contribution in [0.15, 0.2) is 18.2 Å². The Kier molecular flexibility index (Phi) is 7.08. The number of hydrogen-bond donors (Lipinski definition) is 1. The molecule has 0 unspecified atom stereocenters. The van der Waals surface area contributed by atoms with Crippen molar-refractivity contribution in [2.45, 2.75) is 51.4 Å². The second-order valence-electron chi connectivity index (χ2n) is 8.52. The van der Waals surface area contributed by atoms with E-state index in [2.05, 4.69) is 26.4 Å². The van der Waals surface area contributed by atoms with Crippen LogP contribution in [0.2, 0.25) is 0 Å². The van der Waals surface area contributed by atoms with Crippen LogP contribution >= 0.6 is 0 Å². The first-order valence-electron chi connectivity index (χ1n) is 11.4. The minimum absolute atomic E-state index is 0.177. The number of aryl methyl sites for hydroxylation is 1. The average Bonchev–Trinajstić information content (AvgIpc) is 3.10. The monoisotopic (exact) mass is 439 g/mol. The Morgan fingerprint density at radius 3 is 2.68 bits per heavy atom. The van der Waals surface area contributed by atoms with Gasteiger partial charge in [0.2, 0.25) is 0 Å². The van der Waals surface area contributed by atoms with Gasteiger partial charge in [0.1, 0.15) is 5.75 Å². The maximum Gasteiger partial charge on any atom is 0.573 e. The summed E-state index contributed by atoms with van der Waals surface area (Å²) in [4.78, 5) is 8.49. The maximum absolute atomic E-state index is 12.7. The minimum atomic E-state index is -4.69. The van der Waals surface area contributed by atoms with E-state index in [1.165, 1.54) is 36.2 Å². The van der Waals surface area contributed by atoms with Crippen LogP contribution in [-0.2, 0) is 11.2 Å². The van der Waals surface area contributed by atoms with Crippen LogP contribution in [0, 0.1) is 0 Å². The highest BCUT2D eigenvalue weighted by atomic mass is 19.4. The molecule has 1 aromatic heterocycles. The van der Waals surface area contributed by atoms with Gasteiger partial charge in [-0.3, -0.25) is 9.80 Å². The van der Waals surface area contributed by atoms with Gasteiger partial charge in [0.25, 0.3) is 0 Å². The highest BCUT2D eigenvalue weighted by Crippen LogP contribution is 2.37. The van der Waals surface area contributed by atoms with E-state index in [1.807, 2.05) is 0 Å². The molecule has 2 aliphatic rings. The number of fused-ring (bicyclic) bond motifs is 1. The third-order valence-corrected chi connectivity index (χ3v) is 6.40. The van der Waals surface area contributed by atoms with Crippen molar-refractivity contribution in [3.63, 3.8) is 0 Å². The molecular formula is C23H32F3N3O2. The molecule has 0 radical (unpaired) electrons. The van der Waals surface area contributed by atoms with Crippen molar-refractivity contribution in [1.82, 2.24) is 14.8 Å². The number of likely N-dealkylation sites (tertiary alicyclic amines) is 1. The van der Waals surface area contributed by atoms with E-state index in [0.717, 1.165) is 76.1 Å². The summed E-state index contributed by atoms with van der Waals surface area (Å²) in [5.74, 6) is -0.177. The van der Waals surface area contributed by atoms with Gasteiger partial charge in [-0.05, 0) is 43.5 Å². The number of halogens is 3. The largest absolute Gasteiger partial charge is 0.573 e. The highest BCUT2D eigenvalue weighted by Gasteiger charge is 2.32. The van der Waals surface area contributed by atoms with E-state index >= 15 is 0 Å². The Labute approximate surface area is 181 Å². The predicted octanol–water partition coefficient (Wildman–Crippen LogP) is 4.88. The van der Waals surface area contributed by atoms with Crippen molar-refractivity contribution in [3.05, 3.63) is 29.5 Å². The van der Waals surface area contributed by atoms with Gasteiger partial charge in [-0.25, -0.2) is 0 Å². The molecule has 2 aliphatic heterocycles. The van der Waals surface area contributed by atoms with Gasteiger partial charge in [0, 0.05) is 48.8 Å². The molecule has 8 heteroatoms. The molecule has 31 heavy (non-hydrogen) atoms. The van der Waals surface area contributed by atoms with Crippen LogP contribution in [0.25, 0.3) is 10.9 Å². The fraction of sp³-hybridized carbons (Fsp3) is 0.652. The molecular weight excluding hydrogens is 407 g/mol. The molecule has 0 bridgehead atoms. The van der Waals surface area contributed by atoms with Crippen LogP contribution in [-0.4, -0.2) is 67.1 Å². The molecule has 172 valence electrons. The number of rotatable bonds is 7. The Bertz CT molecular complexity index is 862. The van der Waals surface area contributed by atoms with E-state index in [0.29, 0.717) is 0 Å². The number of ether oxygens (including phenoxy) is 2. The summed E-state index contributed by atoms with van der Waals surface area (Å²) in [5.41, 5.74) is 3.13. The number of hydrogen-bond acceptors (Lipinski definition) is 4. The van der Waals surface area contributed by atoms with Gasteiger partial charge in [-0.2, -0.15) is 0 Å². The van der Waals surface area contributed by atoms with Gasteiger partial charge in [-0.1, -0.05) is 19.8 Å². The van der Waals surface area contributed by atoms with Crippen molar-refractivity contribution in [1.29, 1.82) is 0 Å². The lowest BCUT2D eigenvalue weighted by atomic mass is 9.94. The number of morpholine rings is 1. The first kappa shape index (κ1) is 22.4. The molecule has 5 nitrogen and oxygen atoms in total. The second-order valence-corrected chi connectivity index (χ2v) is 8.52. The Balaban J connectivity index is 1.59. The number of alkyl halides is 3. The molecule has 0 aliphatic carbocycles. The average molecular weight is 440 g/mol. The SMILES string of the molecule is CCCc1c([C@H]2CCCCN2CCN2CCOCC2)[nH]c2cc(OC(F)(F)F)ccc12. The van der Waals surface area contributed by atoms with Gasteiger partial charge in [0.15, 0.2) is 0 Å². The zero-order chi connectivity index (χ0) is 21.8. The molecule has 1 aromatic carbocycles. The number of nitrogens with zero attached hydrogens (tertiary/aromatic N) is 2. The lowest BCUT2D eigenvalue weighted by molar-refractivity contribution is -0.274. The second kappa shape index (κ2) is 9.79. The quantitative estimate of drug-likeness (QED) is 0.668. The zero-order valence-corrected chi connectivity index (χ0v) is 18.1. The Morgan fingerprint density at radius 1 is 1.13 bits per heavy atom. The molecule has 1 N–H and O–H groups in total. The van der Waals surface area contributed by atoms with Crippen molar-refractivity contribution in [2.75, 3.05) is 45.9 Å². The Morgan fingerprint density at radius 2 is 1.94 bits per heavy atom. The third kappa shape index (κ3) is 5.54. The minimum Gasteiger partial charge on any atom is -0.406 e. The van der Waals surface area contributed by atoms with E-state index in [4.69, 9.17) is 4.74 Å². The number of aromatic nitrogens is 1. The first-order chi connectivity index (χ1) is 14.9. The van der Waals surface area contributed by atoms with Crippen LogP contribution in [0.4, 0.5) is 13.2 Å². The number of aromatic amines is 1. The third-order valence-electron chi connectivity index (χ3n) is 6.40. The summed E-state index contributed by atoms with van der Waals surface area (Å²) >= 11 is 0. The lowest BCUT2D eigenvalue weighted by Gasteiger charge is -2.38. The number of benzene rings is 1. The summed E-state index contributed by atoms with van der Waals surface area (Å²) < 4.78 is 47.6. The van der Waals surface area contributed by atoms with E-state index < -0.39 is 6.36 Å². The molecule has 0 amide bonds. The number of piperidine rings is 1. The van der Waals surface area contributed by atoms with Crippen LogP contribution < -0.4 is 4.74 Å². The molecule has 2 fully saturated rings. The molecule has 1 atom stereocenters. The van der Waals surface area contributed by atoms with E-state index in [1.54, 1.807) is 6.07 Å². The van der Waals surface area contributed by atoms with Gasteiger partial charge in [0.05, 0.1) is 19.3 Å². The van der Waals surface area contributed by atoms with Crippen molar-refractivity contribution < 1.29 is 22.6 Å². The Hall–Kier alpha value is -1.77. The zero-order valence-electron chi connectivity index (χ0n) is 18.1. The molecule has 4 rings (SSSR count). The van der Waals surface area contributed by atoms with Crippen LogP contribution in [0.5, 0.6) is 5.75 Å². The molecule has 0 saturated carbocycles.